The zero-order chi connectivity index (χ0) is 25.6. The van der Waals surface area contributed by atoms with Gasteiger partial charge in [-0.25, -0.2) is 0 Å². The highest BCUT2D eigenvalue weighted by atomic mass is 35.5. The van der Waals surface area contributed by atoms with Crippen molar-refractivity contribution < 1.29 is 39.9 Å². The Hall–Kier alpha value is -3.28. The van der Waals surface area contributed by atoms with Crippen molar-refractivity contribution in [2.75, 3.05) is 24.7 Å². The number of amides is 1. The lowest BCUT2D eigenvalue weighted by atomic mass is 9.55. The molecule has 3 aliphatic carbocycles. The largest absolute Gasteiger partial charge is 0.508 e. The minimum atomic E-state index is -2.90. The molecule has 1 saturated carbocycles. The number of hydrogen-bond acceptors (Lipinski definition) is 10. The number of benzene rings is 1. The first-order chi connectivity index (χ1) is 15.7. The Labute approximate surface area is 198 Å². The van der Waals surface area contributed by atoms with Gasteiger partial charge in [0.15, 0.2) is 17.1 Å². The van der Waals surface area contributed by atoms with Crippen LogP contribution < -0.4 is 16.4 Å². The summed E-state index contributed by atoms with van der Waals surface area (Å²) in [4.78, 5) is 39.4. The van der Waals surface area contributed by atoms with Crippen LogP contribution in [0, 0.1) is 11.8 Å². The van der Waals surface area contributed by atoms with Crippen LogP contribution in [0.2, 0.25) is 5.02 Å². The van der Waals surface area contributed by atoms with Gasteiger partial charge in [-0.05, 0) is 11.5 Å². The van der Waals surface area contributed by atoms with Crippen molar-refractivity contribution in [2.24, 2.45) is 17.6 Å². The number of anilines is 2. The van der Waals surface area contributed by atoms with Crippen molar-refractivity contribution in [3.8, 4) is 5.75 Å². The molecule has 0 heterocycles. The van der Waals surface area contributed by atoms with Gasteiger partial charge in [0.1, 0.15) is 17.1 Å². The van der Waals surface area contributed by atoms with Gasteiger partial charge in [-0.3, -0.25) is 14.4 Å². The molecule has 1 fully saturated rings. The SMILES string of the molecule is CC1c2c(c(O)c(N)c(Cl)c2N(C)C)C(O)=C2C(=O)[C@]3(O)C(O)=C(C(N)=O)C(=O)C[C@@H]3C(O)[C@@H]21. The van der Waals surface area contributed by atoms with Gasteiger partial charge in [0, 0.05) is 37.9 Å². The van der Waals surface area contributed by atoms with E-state index in [-0.39, 0.29) is 16.3 Å². The molecular weight excluding hydrogens is 470 g/mol. The van der Waals surface area contributed by atoms with Gasteiger partial charge in [-0.1, -0.05) is 18.5 Å². The number of nitrogens with zero attached hydrogens (tertiary/aromatic N) is 1. The summed E-state index contributed by atoms with van der Waals surface area (Å²) in [5.41, 5.74) is 6.93. The van der Waals surface area contributed by atoms with Gasteiger partial charge >= 0.3 is 0 Å². The van der Waals surface area contributed by atoms with E-state index < -0.39 is 81.8 Å². The lowest BCUT2D eigenvalue weighted by Gasteiger charge is -2.50. The Bertz CT molecular complexity index is 1250. The Balaban J connectivity index is 2.09. The van der Waals surface area contributed by atoms with Crippen LogP contribution in [0.5, 0.6) is 5.75 Å². The van der Waals surface area contributed by atoms with E-state index in [9.17, 15) is 39.9 Å². The van der Waals surface area contributed by atoms with E-state index in [1.807, 2.05) is 0 Å². The molecule has 2 unspecified atom stereocenters. The molecule has 1 aromatic carbocycles. The number of carbonyl (C=O) groups is 3. The molecule has 1 aromatic rings. The summed E-state index contributed by atoms with van der Waals surface area (Å²) in [6.07, 6.45) is -2.28. The summed E-state index contributed by atoms with van der Waals surface area (Å²) in [6, 6.07) is 0. The lowest BCUT2D eigenvalue weighted by molar-refractivity contribution is -0.160. The molecule has 34 heavy (non-hydrogen) atoms. The Morgan fingerprint density at radius 1 is 1.21 bits per heavy atom. The summed E-state index contributed by atoms with van der Waals surface area (Å²) >= 11 is 6.38. The molecule has 0 aliphatic heterocycles. The van der Waals surface area contributed by atoms with Crippen LogP contribution in [0.3, 0.4) is 0 Å². The second kappa shape index (κ2) is 7.36. The molecule has 5 atom stereocenters. The van der Waals surface area contributed by atoms with E-state index in [1.165, 1.54) is 0 Å². The third-order valence-electron chi connectivity index (χ3n) is 7.16. The Kier molecular flexibility index (Phi) is 5.16. The Morgan fingerprint density at radius 3 is 2.32 bits per heavy atom. The maximum Gasteiger partial charge on any atom is 0.255 e. The van der Waals surface area contributed by atoms with Crippen LogP contribution in [0.15, 0.2) is 16.9 Å². The average molecular weight is 494 g/mol. The molecule has 9 N–H and O–H groups in total. The zero-order valence-corrected chi connectivity index (χ0v) is 19.2. The molecule has 182 valence electrons. The van der Waals surface area contributed by atoms with E-state index >= 15 is 0 Å². The van der Waals surface area contributed by atoms with Crippen molar-refractivity contribution in [1.82, 2.24) is 0 Å². The van der Waals surface area contributed by atoms with Crippen molar-refractivity contribution in [3.05, 3.63) is 33.1 Å². The number of phenolic OH excluding ortho intramolecular Hbond substituents is 1. The number of halogens is 1. The van der Waals surface area contributed by atoms with E-state index in [0.717, 1.165) is 0 Å². The quantitative estimate of drug-likeness (QED) is 0.170. The van der Waals surface area contributed by atoms with Crippen molar-refractivity contribution in [1.29, 1.82) is 0 Å². The standard InChI is InChI=1S/C22H24ClN3O8/c1-5-8-11(18(30)14(24)13(23)15(8)26(2)3)17(29)12-9(5)16(28)6-4-7(27)10(21(25)33)19(31)22(6,34)20(12)32/h5-6,9,16,28-31,34H,4,24H2,1-3H3,(H2,25,33)/t5?,6-,9-,16?,22-/m1/s1. The predicted molar refractivity (Wildman–Crippen MR) is 121 cm³/mol. The van der Waals surface area contributed by atoms with Crippen LogP contribution in [-0.2, 0) is 14.4 Å². The first kappa shape index (κ1) is 23.9. The number of carbonyl (C=O) groups excluding carboxylic acids is 3. The highest BCUT2D eigenvalue weighted by Gasteiger charge is 2.65. The van der Waals surface area contributed by atoms with E-state index in [2.05, 4.69) is 0 Å². The number of phenols is 1. The fraction of sp³-hybridized carbons (Fsp3) is 0.409. The third-order valence-corrected chi connectivity index (χ3v) is 7.55. The molecule has 0 aromatic heterocycles. The summed E-state index contributed by atoms with van der Waals surface area (Å²) in [6.45, 7) is 1.62. The summed E-state index contributed by atoms with van der Waals surface area (Å²) in [7, 11) is 3.30. The van der Waals surface area contributed by atoms with Crippen LogP contribution in [0.25, 0.3) is 5.76 Å². The number of aliphatic hydroxyl groups excluding tert-OH is 3. The highest BCUT2D eigenvalue weighted by Crippen LogP contribution is 2.59. The maximum absolute atomic E-state index is 13.6. The molecule has 3 aliphatic rings. The number of hydrogen-bond donors (Lipinski definition) is 7. The van der Waals surface area contributed by atoms with Crippen molar-refractivity contribution in [2.45, 2.75) is 31.0 Å². The number of primary amides is 1. The number of aromatic hydroxyl groups is 1. The smallest absolute Gasteiger partial charge is 0.255 e. The van der Waals surface area contributed by atoms with Gasteiger partial charge in [0.2, 0.25) is 5.78 Å². The number of nitrogen functional groups attached to an aromatic ring is 1. The van der Waals surface area contributed by atoms with E-state index in [4.69, 9.17) is 23.1 Å². The molecule has 0 saturated heterocycles. The topological polar surface area (TPSA) is 208 Å². The number of rotatable bonds is 2. The molecular formula is C22H24ClN3O8. The van der Waals surface area contributed by atoms with Gasteiger partial charge in [0.25, 0.3) is 5.91 Å². The maximum atomic E-state index is 13.6. The summed E-state index contributed by atoms with van der Waals surface area (Å²) in [5, 5.41) is 55.1. The second-order valence-electron chi connectivity index (χ2n) is 9.09. The zero-order valence-electron chi connectivity index (χ0n) is 18.5. The molecule has 1 amide bonds. The number of nitrogens with two attached hydrogens (primary N) is 2. The lowest BCUT2D eigenvalue weighted by Crippen LogP contribution is -2.64. The first-order valence-corrected chi connectivity index (χ1v) is 10.7. The van der Waals surface area contributed by atoms with Crippen LogP contribution in [-0.4, -0.2) is 68.8 Å². The fourth-order valence-corrected chi connectivity index (χ4v) is 5.96. The van der Waals surface area contributed by atoms with Crippen LogP contribution in [0.1, 0.15) is 30.4 Å². The number of aliphatic hydroxyl groups is 4. The molecule has 12 heteroatoms. The number of ketones is 2. The van der Waals surface area contributed by atoms with Gasteiger partial charge < -0.3 is 41.9 Å². The van der Waals surface area contributed by atoms with Crippen LogP contribution >= 0.6 is 11.6 Å². The minimum absolute atomic E-state index is 0.00278. The molecule has 0 bridgehead atoms. The molecule has 0 radical (unpaired) electrons. The molecule has 11 nitrogen and oxygen atoms in total. The fourth-order valence-electron chi connectivity index (χ4n) is 5.60. The summed E-state index contributed by atoms with van der Waals surface area (Å²) < 4.78 is 0. The van der Waals surface area contributed by atoms with Gasteiger partial charge in [-0.15, -0.1) is 0 Å². The van der Waals surface area contributed by atoms with E-state index in [0.29, 0.717) is 11.3 Å². The van der Waals surface area contributed by atoms with Crippen LogP contribution in [0.4, 0.5) is 11.4 Å². The van der Waals surface area contributed by atoms with E-state index in [1.54, 1.807) is 25.9 Å². The Morgan fingerprint density at radius 2 is 1.79 bits per heavy atom. The second-order valence-corrected chi connectivity index (χ2v) is 9.47. The van der Waals surface area contributed by atoms with Gasteiger partial charge in [0.05, 0.1) is 28.1 Å². The van der Waals surface area contributed by atoms with Crippen molar-refractivity contribution >= 4 is 46.2 Å². The average Bonchev–Trinajstić information content (AvgIpc) is 2.74. The highest BCUT2D eigenvalue weighted by molar-refractivity contribution is 6.36. The third kappa shape index (κ3) is 2.68. The monoisotopic (exact) mass is 493 g/mol. The predicted octanol–water partition coefficient (Wildman–Crippen LogP) is 0.257. The number of fused-ring (bicyclic) bond motifs is 3. The minimum Gasteiger partial charge on any atom is -0.508 e. The van der Waals surface area contributed by atoms with Gasteiger partial charge in [-0.2, -0.15) is 0 Å². The summed E-state index contributed by atoms with van der Waals surface area (Å²) in [5.74, 6) is -9.63. The molecule has 4 rings (SSSR count). The van der Waals surface area contributed by atoms with Crippen molar-refractivity contribution in [3.63, 3.8) is 0 Å². The molecule has 0 spiro atoms. The first-order valence-electron chi connectivity index (χ1n) is 10.4. The normalized spacial score (nSPS) is 30.6. The number of Topliss-reactive ketones (excluding diaryl/α,β-unsaturated/α-hetero) is 2.